The Morgan fingerprint density at radius 2 is 1.74 bits per heavy atom. The predicted molar refractivity (Wildman–Crippen MR) is 74.1 cm³/mol. The Kier molecular flexibility index (Phi) is 2.80. The van der Waals surface area contributed by atoms with Crippen molar-refractivity contribution in [2.24, 2.45) is 0 Å². The molecule has 3 rings (SSSR count). The van der Waals surface area contributed by atoms with E-state index in [1.54, 1.807) is 18.5 Å². The first kappa shape index (κ1) is 11.5. The van der Waals surface area contributed by atoms with Gasteiger partial charge in [-0.2, -0.15) is 0 Å². The molecule has 0 N–H and O–H groups in total. The Morgan fingerprint density at radius 3 is 2.53 bits per heavy atom. The molecule has 0 aliphatic carbocycles. The highest BCUT2D eigenvalue weighted by Crippen LogP contribution is 2.15. The van der Waals surface area contributed by atoms with E-state index < -0.39 is 0 Å². The molecule has 3 heteroatoms. The van der Waals surface area contributed by atoms with Gasteiger partial charge in [0, 0.05) is 34.6 Å². The third-order valence-corrected chi connectivity index (χ3v) is 3.03. The molecule has 0 spiro atoms. The van der Waals surface area contributed by atoms with Crippen molar-refractivity contribution in [3.63, 3.8) is 0 Å². The number of benzene rings is 1. The molecule has 0 unspecified atom stereocenters. The number of carbonyl (C=O) groups is 1. The fraction of sp³-hybridized carbons (Fsp3) is 0.0625. The highest BCUT2D eigenvalue weighted by molar-refractivity contribution is 6.09. The maximum Gasteiger partial charge on any atom is 0.196 e. The summed E-state index contributed by atoms with van der Waals surface area (Å²) < 4.78 is 0. The van der Waals surface area contributed by atoms with Crippen molar-refractivity contribution in [3.8, 4) is 0 Å². The molecule has 19 heavy (non-hydrogen) atoms. The molecule has 0 fully saturated rings. The minimum absolute atomic E-state index is 0.0502. The van der Waals surface area contributed by atoms with E-state index in [9.17, 15) is 4.79 Å². The van der Waals surface area contributed by atoms with Crippen molar-refractivity contribution < 1.29 is 4.79 Å². The number of fused-ring (bicyclic) bond motifs is 1. The quantitative estimate of drug-likeness (QED) is 0.654. The number of aromatic nitrogens is 2. The summed E-state index contributed by atoms with van der Waals surface area (Å²) in [4.78, 5) is 20.8. The number of pyridine rings is 2. The molecule has 0 amide bonds. The molecule has 0 atom stereocenters. The van der Waals surface area contributed by atoms with Crippen molar-refractivity contribution in [1.29, 1.82) is 0 Å². The zero-order chi connectivity index (χ0) is 13.2. The van der Waals surface area contributed by atoms with Gasteiger partial charge in [-0.25, -0.2) is 0 Å². The molecular weight excluding hydrogens is 236 g/mol. The lowest BCUT2D eigenvalue weighted by molar-refractivity contribution is 0.103. The van der Waals surface area contributed by atoms with Crippen LogP contribution in [0, 0.1) is 6.92 Å². The van der Waals surface area contributed by atoms with Crippen LogP contribution in [0.5, 0.6) is 0 Å². The summed E-state index contributed by atoms with van der Waals surface area (Å²) in [5.41, 5.74) is 2.96. The summed E-state index contributed by atoms with van der Waals surface area (Å²) >= 11 is 0. The fourth-order valence-electron chi connectivity index (χ4n) is 1.96. The van der Waals surface area contributed by atoms with Crippen LogP contribution < -0.4 is 0 Å². The van der Waals surface area contributed by atoms with Gasteiger partial charge in [-0.1, -0.05) is 18.2 Å². The second-order valence-electron chi connectivity index (χ2n) is 4.43. The molecule has 0 bridgehead atoms. The maximum absolute atomic E-state index is 12.3. The van der Waals surface area contributed by atoms with E-state index in [-0.39, 0.29) is 5.78 Å². The third-order valence-electron chi connectivity index (χ3n) is 3.03. The first-order valence-electron chi connectivity index (χ1n) is 6.06. The lowest BCUT2D eigenvalue weighted by Crippen LogP contribution is -2.02. The van der Waals surface area contributed by atoms with Crippen LogP contribution in [-0.4, -0.2) is 15.8 Å². The lowest BCUT2D eigenvalue weighted by Gasteiger charge is -2.03. The maximum atomic E-state index is 12.3. The van der Waals surface area contributed by atoms with E-state index in [2.05, 4.69) is 9.97 Å². The van der Waals surface area contributed by atoms with Gasteiger partial charge in [-0.3, -0.25) is 14.8 Å². The average molecular weight is 248 g/mol. The Hall–Kier alpha value is -2.55. The molecule has 0 aliphatic rings. The van der Waals surface area contributed by atoms with Crippen molar-refractivity contribution in [3.05, 3.63) is 71.7 Å². The number of rotatable bonds is 2. The van der Waals surface area contributed by atoms with Crippen LogP contribution in [0.3, 0.4) is 0 Å². The van der Waals surface area contributed by atoms with E-state index in [0.29, 0.717) is 11.1 Å². The minimum atomic E-state index is -0.0502. The highest BCUT2D eigenvalue weighted by atomic mass is 16.1. The Labute approximate surface area is 111 Å². The summed E-state index contributed by atoms with van der Waals surface area (Å²) in [7, 11) is 0. The number of hydrogen-bond acceptors (Lipinski definition) is 3. The molecule has 0 saturated carbocycles. The topological polar surface area (TPSA) is 42.9 Å². The van der Waals surface area contributed by atoms with Crippen LogP contribution in [0.1, 0.15) is 21.6 Å². The molecular formula is C16H12N2O. The molecule has 0 saturated heterocycles. The molecule has 0 aliphatic heterocycles. The number of para-hydroxylation sites is 1. The molecule has 3 aromatic rings. The zero-order valence-corrected chi connectivity index (χ0v) is 10.5. The number of aryl methyl sites for hydroxylation is 1. The van der Waals surface area contributed by atoms with E-state index in [0.717, 1.165) is 16.6 Å². The highest BCUT2D eigenvalue weighted by Gasteiger charge is 2.10. The van der Waals surface area contributed by atoms with Gasteiger partial charge in [0.15, 0.2) is 5.78 Å². The summed E-state index contributed by atoms with van der Waals surface area (Å²) in [6.45, 7) is 1.89. The van der Waals surface area contributed by atoms with Gasteiger partial charge < -0.3 is 0 Å². The Balaban J connectivity index is 2.04. The minimum Gasteiger partial charge on any atom is -0.288 e. The second kappa shape index (κ2) is 4.61. The molecule has 2 aromatic heterocycles. The third kappa shape index (κ3) is 2.22. The van der Waals surface area contributed by atoms with Crippen LogP contribution in [0.4, 0.5) is 0 Å². The molecule has 92 valence electrons. The van der Waals surface area contributed by atoms with Crippen LogP contribution in [0.2, 0.25) is 0 Å². The molecule has 1 aromatic carbocycles. The van der Waals surface area contributed by atoms with Crippen molar-refractivity contribution >= 4 is 16.7 Å². The second-order valence-corrected chi connectivity index (χ2v) is 4.43. The SMILES string of the molecule is Cc1ccc(C(=O)c2cnc3ccccc3c2)cn1. The summed E-state index contributed by atoms with van der Waals surface area (Å²) in [6.07, 6.45) is 3.22. The van der Waals surface area contributed by atoms with Crippen LogP contribution >= 0.6 is 0 Å². The average Bonchev–Trinajstić information content (AvgIpc) is 2.47. The van der Waals surface area contributed by atoms with Gasteiger partial charge in [0.1, 0.15) is 0 Å². The first-order chi connectivity index (χ1) is 9.24. The van der Waals surface area contributed by atoms with E-state index >= 15 is 0 Å². The zero-order valence-electron chi connectivity index (χ0n) is 10.5. The number of ketones is 1. The van der Waals surface area contributed by atoms with Crippen molar-refractivity contribution in [1.82, 2.24) is 9.97 Å². The van der Waals surface area contributed by atoms with Crippen LogP contribution in [0.25, 0.3) is 10.9 Å². The van der Waals surface area contributed by atoms with Crippen molar-refractivity contribution in [2.45, 2.75) is 6.92 Å². The predicted octanol–water partition coefficient (Wildman–Crippen LogP) is 3.17. The standard InChI is InChI=1S/C16H12N2O/c1-11-6-7-13(9-17-11)16(19)14-8-12-4-2-3-5-15(12)18-10-14/h2-10H,1H3. The van der Waals surface area contributed by atoms with Crippen LogP contribution in [-0.2, 0) is 0 Å². The monoisotopic (exact) mass is 248 g/mol. The van der Waals surface area contributed by atoms with Crippen molar-refractivity contribution in [2.75, 3.05) is 0 Å². The van der Waals surface area contributed by atoms with Gasteiger partial charge in [0.25, 0.3) is 0 Å². The van der Waals surface area contributed by atoms with Gasteiger partial charge >= 0.3 is 0 Å². The van der Waals surface area contributed by atoms with E-state index in [4.69, 9.17) is 0 Å². The number of nitrogens with zero attached hydrogens (tertiary/aromatic N) is 2. The van der Waals surface area contributed by atoms with Gasteiger partial charge in [-0.15, -0.1) is 0 Å². The lowest BCUT2D eigenvalue weighted by atomic mass is 10.0. The van der Waals surface area contributed by atoms with Gasteiger partial charge in [0.2, 0.25) is 0 Å². The van der Waals surface area contributed by atoms with E-state index in [1.807, 2.05) is 43.3 Å². The smallest absolute Gasteiger partial charge is 0.196 e. The number of carbonyl (C=O) groups excluding carboxylic acids is 1. The molecule has 2 heterocycles. The summed E-state index contributed by atoms with van der Waals surface area (Å²) in [5, 5.41) is 0.966. The van der Waals surface area contributed by atoms with Gasteiger partial charge in [-0.05, 0) is 31.2 Å². The molecule has 0 radical (unpaired) electrons. The Bertz CT molecular complexity index is 748. The Morgan fingerprint density at radius 1 is 0.947 bits per heavy atom. The largest absolute Gasteiger partial charge is 0.288 e. The number of hydrogen-bond donors (Lipinski definition) is 0. The van der Waals surface area contributed by atoms with E-state index in [1.165, 1.54) is 0 Å². The summed E-state index contributed by atoms with van der Waals surface area (Å²) in [6, 6.07) is 13.2. The fourth-order valence-corrected chi connectivity index (χ4v) is 1.96. The van der Waals surface area contributed by atoms with Gasteiger partial charge in [0.05, 0.1) is 5.52 Å². The van der Waals surface area contributed by atoms with Crippen LogP contribution in [0.15, 0.2) is 54.9 Å². The summed E-state index contributed by atoms with van der Waals surface area (Å²) in [5.74, 6) is -0.0502. The molecule has 3 nitrogen and oxygen atoms in total. The first-order valence-corrected chi connectivity index (χ1v) is 6.06. The normalized spacial score (nSPS) is 10.6.